The number of carbonyl (C=O) groups is 2. The highest BCUT2D eigenvalue weighted by atomic mass is 19.1. The molecular formula is C31H42FN3O6. The lowest BCUT2D eigenvalue weighted by atomic mass is 9.82. The van der Waals surface area contributed by atoms with Gasteiger partial charge in [-0.3, -0.25) is 14.5 Å². The van der Waals surface area contributed by atoms with Gasteiger partial charge in [-0.25, -0.2) is 4.39 Å². The van der Waals surface area contributed by atoms with Crippen LogP contribution in [0.2, 0.25) is 0 Å². The first kappa shape index (κ1) is 30.6. The lowest BCUT2D eigenvalue weighted by molar-refractivity contribution is -0.144. The summed E-state index contributed by atoms with van der Waals surface area (Å²) >= 11 is 0. The summed E-state index contributed by atoms with van der Waals surface area (Å²) in [5.74, 6) is -1.73. The SMILES string of the molecule is CCCCN(CCCCN(C)C)C(=O)CN1C[C@H](c2ccc3c(c2)OCO3)[C@@H](C(=O)O)[C@@H]1c1ccc(OC)c(F)c1. The number of amides is 1. The quantitative estimate of drug-likeness (QED) is 0.334. The smallest absolute Gasteiger partial charge is 0.309 e. The number of fused-ring (bicyclic) bond motifs is 1. The Morgan fingerprint density at radius 2 is 1.73 bits per heavy atom. The van der Waals surface area contributed by atoms with Crippen molar-refractivity contribution in [2.24, 2.45) is 5.92 Å². The standard InChI is InChI=1S/C31H42FN3O6/c1-5-6-14-34(15-8-7-13-33(2)3)28(36)19-35-18-23(21-9-12-26-27(17-21)41-20-40-26)29(31(37)38)30(35)22-10-11-25(39-4)24(32)16-22/h9-12,16-17,23,29-30H,5-8,13-15,18-20H2,1-4H3,(H,37,38)/t23-,29-,30+/m1/s1. The number of hydrogen-bond acceptors (Lipinski definition) is 7. The van der Waals surface area contributed by atoms with E-state index in [1.165, 1.54) is 19.2 Å². The second-order valence-electron chi connectivity index (χ2n) is 11.1. The van der Waals surface area contributed by atoms with E-state index in [0.29, 0.717) is 36.7 Å². The molecular weight excluding hydrogens is 529 g/mol. The minimum atomic E-state index is -1.00. The van der Waals surface area contributed by atoms with E-state index in [1.807, 2.05) is 36.0 Å². The molecule has 0 radical (unpaired) electrons. The average molecular weight is 572 g/mol. The third-order valence-electron chi connectivity index (χ3n) is 7.98. The predicted molar refractivity (Wildman–Crippen MR) is 153 cm³/mol. The topological polar surface area (TPSA) is 91.8 Å². The summed E-state index contributed by atoms with van der Waals surface area (Å²) < 4.78 is 31.0. The zero-order chi connectivity index (χ0) is 29.5. The number of halogens is 1. The molecule has 1 fully saturated rings. The lowest BCUT2D eigenvalue weighted by Crippen LogP contribution is -2.42. The van der Waals surface area contributed by atoms with Gasteiger partial charge in [0.05, 0.1) is 19.6 Å². The molecule has 10 heteroatoms. The summed E-state index contributed by atoms with van der Waals surface area (Å²) in [7, 11) is 5.45. The van der Waals surface area contributed by atoms with E-state index < -0.39 is 29.7 Å². The number of carboxylic acid groups (broad SMARTS) is 1. The van der Waals surface area contributed by atoms with Crippen LogP contribution in [0.1, 0.15) is 55.7 Å². The molecule has 0 aliphatic carbocycles. The van der Waals surface area contributed by atoms with Gasteiger partial charge in [-0.15, -0.1) is 0 Å². The number of unbranched alkanes of at least 4 members (excludes halogenated alkanes) is 2. The van der Waals surface area contributed by atoms with E-state index in [4.69, 9.17) is 14.2 Å². The summed E-state index contributed by atoms with van der Waals surface area (Å²) in [5.41, 5.74) is 1.28. The van der Waals surface area contributed by atoms with Crippen molar-refractivity contribution in [2.45, 2.75) is 44.6 Å². The largest absolute Gasteiger partial charge is 0.494 e. The highest BCUT2D eigenvalue weighted by Gasteiger charge is 2.48. The van der Waals surface area contributed by atoms with Gasteiger partial charge >= 0.3 is 5.97 Å². The van der Waals surface area contributed by atoms with Crippen molar-refractivity contribution in [3.8, 4) is 17.2 Å². The minimum Gasteiger partial charge on any atom is -0.494 e. The number of carbonyl (C=O) groups excluding carboxylic acids is 1. The zero-order valence-electron chi connectivity index (χ0n) is 24.5. The van der Waals surface area contributed by atoms with Gasteiger partial charge in [0, 0.05) is 31.6 Å². The van der Waals surface area contributed by atoms with Crippen molar-refractivity contribution in [2.75, 3.05) is 60.7 Å². The van der Waals surface area contributed by atoms with E-state index in [-0.39, 0.29) is 25.0 Å². The molecule has 0 unspecified atom stereocenters. The maximum Gasteiger partial charge on any atom is 0.309 e. The summed E-state index contributed by atoms with van der Waals surface area (Å²) in [6.45, 7) is 4.82. The lowest BCUT2D eigenvalue weighted by Gasteiger charge is -2.30. The Balaban J connectivity index is 1.64. The van der Waals surface area contributed by atoms with Crippen molar-refractivity contribution in [3.05, 3.63) is 53.3 Å². The molecule has 41 heavy (non-hydrogen) atoms. The van der Waals surface area contributed by atoms with Gasteiger partial charge in [0.25, 0.3) is 0 Å². The van der Waals surface area contributed by atoms with Crippen LogP contribution >= 0.6 is 0 Å². The second-order valence-corrected chi connectivity index (χ2v) is 11.1. The molecule has 2 aliphatic heterocycles. The molecule has 2 aromatic rings. The maximum absolute atomic E-state index is 14.9. The normalized spacial score (nSPS) is 20.0. The zero-order valence-corrected chi connectivity index (χ0v) is 24.5. The summed E-state index contributed by atoms with van der Waals surface area (Å²) in [4.78, 5) is 32.5. The number of nitrogens with zero attached hydrogens (tertiary/aromatic N) is 3. The third-order valence-corrected chi connectivity index (χ3v) is 7.98. The molecule has 1 saturated heterocycles. The molecule has 2 heterocycles. The van der Waals surface area contributed by atoms with Crippen LogP contribution in [0.4, 0.5) is 4.39 Å². The first-order chi connectivity index (χ1) is 19.7. The maximum atomic E-state index is 14.9. The third kappa shape index (κ3) is 7.29. The van der Waals surface area contributed by atoms with Crippen molar-refractivity contribution >= 4 is 11.9 Å². The summed E-state index contributed by atoms with van der Waals surface area (Å²) in [6.07, 6.45) is 3.72. The van der Waals surface area contributed by atoms with E-state index in [0.717, 1.165) is 37.8 Å². The Kier molecular flexibility index (Phi) is 10.4. The Morgan fingerprint density at radius 1 is 1.02 bits per heavy atom. The molecule has 1 N–H and O–H groups in total. The number of methoxy groups -OCH3 is 1. The van der Waals surface area contributed by atoms with Gasteiger partial charge in [0.2, 0.25) is 12.7 Å². The van der Waals surface area contributed by atoms with Gasteiger partial charge in [0.1, 0.15) is 0 Å². The number of hydrogen-bond donors (Lipinski definition) is 1. The number of likely N-dealkylation sites (tertiary alicyclic amines) is 1. The van der Waals surface area contributed by atoms with Crippen LogP contribution < -0.4 is 14.2 Å². The molecule has 9 nitrogen and oxygen atoms in total. The van der Waals surface area contributed by atoms with E-state index in [2.05, 4.69) is 11.8 Å². The Bertz CT molecular complexity index is 1210. The molecule has 3 atom stereocenters. The molecule has 224 valence electrons. The van der Waals surface area contributed by atoms with Crippen LogP contribution in [0.15, 0.2) is 36.4 Å². The molecule has 0 saturated carbocycles. The molecule has 1 amide bonds. The fraction of sp³-hybridized carbons (Fsp3) is 0.548. The Morgan fingerprint density at radius 3 is 2.41 bits per heavy atom. The average Bonchev–Trinajstić information content (AvgIpc) is 3.56. The minimum absolute atomic E-state index is 0.0422. The summed E-state index contributed by atoms with van der Waals surface area (Å²) in [6, 6.07) is 9.27. The van der Waals surface area contributed by atoms with Gasteiger partial charge < -0.3 is 29.1 Å². The monoisotopic (exact) mass is 571 g/mol. The van der Waals surface area contributed by atoms with Crippen LogP contribution in [-0.2, 0) is 9.59 Å². The number of benzene rings is 2. The van der Waals surface area contributed by atoms with Crippen LogP contribution in [0, 0.1) is 11.7 Å². The molecule has 4 rings (SSSR count). The van der Waals surface area contributed by atoms with Crippen molar-refractivity contribution in [3.63, 3.8) is 0 Å². The van der Waals surface area contributed by atoms with Crippen molar-refractivity contribution in [1.29, 1.82) is 0 Å². The first-order valence-electron chi connectivity index (χ1n) is 14.4. The number of aliphatic carboxylic acids is 1. The number of carboxylic acids is 1. The fourth-order valence-electron chi connectivity index (χ4n) is 5.85. The van der Waals surface area contributed by atoms with Gasteiger partial charge in [-0.1, -0.05) is 25.5 Å². The second kappa shape index (κ2) is 14.0. The molecule has 2 aliphatic rings. The van der Waals surface area contributed by atoms with Gasteiger partial charge in [-0.2, -0.15) is 0 Å². The first-order valence-corrected chi connectivity index (χ1v) is 14.4. The molecule has 2 aromatic carbocycles. The Labute approximate surface area is 241 Å². The highest BCUT2D eigenvalue weighted by Crippen LogP contribution is 2.48. The van der Waals surface area contributed by atoms with Crippen LogP contribution in [0.25, 0.3) is 0 Å². The number of rotatable bonds is 14. The molecule has 0 bridgehead atoms. The van der Waals surface area contributed by atoms with E-state index >= 15 is 0 Å². The van der Waals surface area contributed by atoms with Gasteiger partial charge in [-0.05, 0) is 75.3 Å². The fourth-order valence-corrected chi connectivity index (χ4v) is 5.85. The van der Waals surface area contributed by atoms with E-state index in [9.17, 15) is 19.1 Å². The van der Waals surface area contributed by atoms with Crippen molar-refractivity contribution in [1.82, 2.24) is 14.7 Å². The van der Waals surface area contributed by atoms with Crippen LogP contribution in [0.5, 0.6) is 17.2 Å². The van der Waals surface area contributed by atoms with Crippen LogP contribution in [0.3, 0.4) is 0 Å². The molecule has 0 spiro atoms. The van der Waals surface area contributed by atoms with Gasteiger partial charge in [0.15, 0.2) is 23.1 Å². The van der Waals surface area contributed by atoms with E-state index in [1.54, 1.807) is 12.1 Å². The van der Waals surface area contributed by atoms with Crippen LogP contribution in [-0.4, -0.2) is 92.4 Å². The van der Waals surface area contributed by atoms with Crippen molar-refractivity contribution < 1.29 is 33.3 Å². The number of ether oxygens (including phenoxy) is 3. The Hall–Kier alpha value is -3.37. The highest BCUT2D eigenvalue weighted by molar-refractivity contribution is 5.79. The predicted octanol–water partition coefficient (Wildman–Crippen LogP) is 4.37. The summed E-state index contributed by atoms with van der Waals surface area (Å²) in [5, 5.41) is 10.5. The molecule has 0 aromatic heterocycles.